The van der Waals surface area contributed by atoms with Gasteiger partial charge in [0.05, 0.1) is 29.7 Å². The topological polar surface area (TPSA) is 92.8 Å². The molecule has 2 atom stereocenters. The Hall–Kier alpha value is -2.09. The van der Waals surface area contributed by atoms with Crippen LogP contribution in [-0.2, 0) is 19.4 Å². The molecule has 2 heterocycles. The van der Waals surface area contributed by atoms with E-state index < -0.39 is 21.9 Å². The van der Waals surface area contributed by atoms with Crippen molar-refractivity contribution in [2.45, 2.75) is 12.5 Å². The van der Waals surface area contributed by atoms with E-state index >= 15 is 0 Å². The number of carbonyl (C=O) groups excluding carboxylic acids is 2. The molecule has 0 unspecified atom stereocenters. The molecule has 0 saturated carbocycles. The van der Waals surface area contributed by atoms with Gasteiger partial charge in [-0.2, -0.15) is 0 Å². The van der Waals surface area contributed by atoms with Crippen molar-refractivity contribution >= 4 is 27.3 Å². The first-order valence-electron chi connectivity index (χ1n) is 7.40. The fraction of sp³-hybridized carbons (Fsp3) is 0.467. The molecule has 8 heteroatoms. The monoisotopic (exact) mass is 338 g/mol. The summed E-state index contributed by atoms with van der Waals surface area (Å²) in [4.78, 5) is 26.2. The number of sulfone groups is 1. The summed E-state index contributed by atoms with van der Waals surface area (Å²) in [6.07, 6.45) is -0.484. The summed E-state index contributed by atoms with van der Waals surface area (Å²) in [5.74, 6) is -0.797. The zero-order valence-electron chi connectivity index (χ0n) is 12.7. The van der Waals surface area contributed by atoms with Crippen molar-refractivity contribution in [2.75, 3.05) is 30.0 Å². The number of likely N-dealkylation sites (N-methyl/N-ethyl adjacent to an activating group) is 1. The zero-order chi connectivity index (χ0) is 16.6. The summed E-state index contributed by atoms with van der Waals surface area (Å²) < 4.78 is 28.9. The zero-order valence-corrected chi connectivity index (χ0v) is 13.5. The van der Waals surface area contributed by atoms with E-state index in [1.165, 1.54) is 11.9 Å². The Morgan fingerprint density at radius 3 is 2.70 bits per heavy atom. The van der Waals surface area contributed by atoms with Gasteiger partial charge < -0.3 is 15.0 Å². The largest absolute Gasteiger partial charge is 0.477 e. The second kappa shape index (κ2) is 5.84. The van der Waals surface area contributed by atoms with E-state index in [2.05, 4.69) is 5.32 Å². The quantitative estimate of drug-likeness (QED) is 0.817. The molecule has 0 spiro atoms. The summed E-state index contributed by atoms with van der Waals surface area (Å²) in [6.45, 7) is 0.0755. The molecular formula is C15H18N2O5S. The number of nitrogens with one attached hydrogen (secondary N) is 1. The molecule has 1 aromatic carbocycles. The van der Waals surface area contributed by atoms with Gasteiger partial charge in [-0.15, -0.1) is 0 Å². The van der Waals surface area contributed by atoms with Crippen LogP contribution in [0.4, 0.5) is 5.69 Å². The van der Waals surface area contributed by atoms with E-state index in [4.69, 9.17) is 4.74 Å². The van der Waals surface area contributed by atoms with Gasteiger partial charge in [0, 0.05) is 7.05 Å². The maximum Gasteiger partial charge on any atom is 0.262 e. The number of anilines is 1. The molecule has 2 amide bonds. The number of nitrogens with zero attached hydrogens (tertiary/aromatic N) is 1. The fourth-order valence-electron chi connectivity index (χ4n) is 2.95. The fourth-order valence-corrected chi connectivity index (χ4v) is 4.68. The molecule has 1 fully saturated rings. The van der Waals surface area contributed by atoms with Gasteiger partial charge in [0.25, 0.3) is 5.91 Å². The molecule has 0 aliphatic carbocycles. The summed E-state index contributed by atoms with van der Waals surface area (Å²) in [7, 11) is -1.65. The number of fused-ring (bicyclic) bond motifs is 1. The third-order valence-corrected chi connectivity index (χ3v) is 5.93. The lowest BCUT2D eigenvalue weighted by Crippen LogP contribution is -2.51. The lowest BCUT2D eigenvalue weighted by Gasteiger charge is -2.35. The molecule has 0 radical (unpaired) electrons. The van der Waals surface area contributed by atoms with E-state index in [0.29, 0.717) is 17.9 Å². The van der Waals surface area contributed by atoms with E-state index in [9.17, 15) is 18.0 Å². The molecule has 7 nitrogen and oxygen atoms in total. The smallest absolute Gasteiger partial charge is 0.262 e. The van der Waals surface area contributed by atoms with Crippen molar-refractivity contribution in [2.24, 2.45) is 5.92 Å². The molecule has 23 heavy (non-hydrogen) atoms. The van der Waals surface area contributed by atoms with Crippen molar-refractivity contribution < 1.29 is 22.7 Å². The Morgan fingerprint density at radius 1 is 1.30 bits per heavy atom. The third-order valence-electron chi connectivity index (χ3n) is 4.16. The van der Waals surface area contributed by atoms with Crippen LogP contribution in [0.25, 0.3) is 0 Å². The van der Waals surface area contributed by atoms with Gasteiger partial charge >= 0.3 is 0 Å². The second-order valence-corrected chi connectivity index (χ2v) is 7.97. The maximum atomic E-state index is 12.8. The molecule has 2 aliphatic heterocycles. The number of amides is 2. The predicted octanol–water partition coefficient (Wildman–Crippen LogP) is -0.0387. The standard InChI is InChI=1S/C15H18N2O5S/c1-16-14(18)13-8-17(11-4-2-3-5-12(11)22-13)15(19)10-6-7-23(20,21)9-10/h2-5,10,13H,6-9H2,1H3,(H,16,18)/t10-,13+/m0/s1. The summed E-state index contributed by atoms with van der Waals surface area (Å²) in [5, 5.41) is 2.51. The number of rotatable bonds is 2. The minimum absolute atomic E-state index is 0.0360. The normalized spacial score (nSPS) is 25.3. The highest BCUT2D eigenvalue weighted by atomic mass is 32.2. The van der Waals surface area contributed by atoms with Gasteiger partial charge in [-0.1, -0.05) is 12.1 Å². The Balaban J connectivity index is 1.90. The Bertz CT molecular complexity index is 746. The number of hydrogen-bond donors (Lipinski definition) is 1. The van der Waals surface area contributed by atoms with E-state index in [0.717, 1.165) is 0 Å². The highest BCUT2D eigenvalue weighted by Gasteiger charge is 2.40. The molecule has 3 rings (SSSR count). The molecule has 124 valence electrons. The van der Waals surface area contributed by atoms with Gasteiger partial charge in [0.15, 0.2) is 15.9 Å². The van der Waals surface area contributed by atoms with Crippen molar-refractivity contribution in [3.63, 3.8) is 0 Å². The molecular weight excluding hydrogens is 320 g/mol. The number of carbonyl (C=O) groups is 2. The number of hydrogen-bond acceptors (Lipinski definition) is 5. The second-order valence-electron chi connectivity index (χ2n) is 5.74. The van der Waals surface area contributed by atoms with Crippen LogP contribution in [0.2, 0.25) is 0 Å². The SMILES string of the molecule is CNC(=O)[C@H]1CN(C(=O)[C@H]2CCS(=O)(=O)C2)c2ccccc2O1. The van der Waals surface area contributed by atoms with Crippen LogP contribution in [0.3, 0.4) is 0 Å². The van der Waals surface area contributed by atoms with Crippen molar-refractivity contribution in [3.8, 4) is 5.75 Å². The number of benzene rings is 1. The molecule has 0 aromatic heterocycles. The van der Waals surface area contributed by atoms with Crippen LogP contribution < -0.4 is 15.0 Å². The van der Waals surface area contributed by atoms with Crippen LogP contribution in [0, 0.1) is 5.92 Å². The van der Waals surface area contributed by atoms with Crippen LogP contribution in [0.15, 0.2) is 24.3 Å². The van der Waals surface area contributed by atoms with E-state index in [-0.39, 0.29) is 29.9 Å². The Kier molecular flexibility index (Phi) is 4.01. The summed E-state index contributed by atoms with van der Waals surface area (Å²) >= 11 is 0. The third kappa shape index (κ3) is 3.03. The Morgan fingerprint density at radius 2 is 2.04 bits per heavy atom. The average Bonchev–Trinajstić information content (AvgIpc) is 2.92. The maximum absolute atomic E-state index is 12.8. The minimum Gasteiger partial charge on any atom is -0.477 e. The van der Waals surface area contributed by atoms with Gasteiger partial charge in [0.2, 0.25) is 5.91 Å². The summed E-state index contributed by atoms with van der Waals surface area (Å²) in [6, 6.07) is 6.95. The van der Waals surface area contributed by atoms with Crippen LogP contribution in [0.1, 0.15) is 6.42 Å². The molecule has 1 N–H and O–H groups in total. The highest BCUT2D eigenvalue weighted by molar-refractivity contribution is 7.91. The molecule has 0 bridgehead atoms. The van der Waals surface area contributed by atoms with Crippen LogP contribution in [0.5, 0.6) is 5.75 Å². The Labute approximate surface area is 134 Å². The lowest BCUT2D eigenvalue weighted by molar-refractivity contribution is -0.128. The molecule has 1 aromatic rings. The first-order chi connectivity index (χ1) is 10.9. The summed E-state index contributed by atoms with van der Waals surface area (Å²) in [5.41, 5.74) is 0.571. The van der Waals surface area contributed by atoms with Gasteiger partial charge in [0.1, 0.15) is 5.75 Å². The van der Waals surface area contributed by atoms with Crippen LogP contribution in [-0.4, -0.2) is 51.4 Å². The first-order valence-corrected chi connectivity index (χ1v) is 9.22. The molecule has 1 saturated heterocycles. The first kappa shape index (κ1) is 15.8. The van der Waals surface area contributed by atoms with Crippen molar-refractivity contribution in [1.29, 1.82) is 0 Å². The van der Waals surface area contributed by atoms with Gasteiger partial charge in [-0.3, -0.25) is 9.59 Å². The van der Waals surface area contributed by atoms with E-state index in [1.54, 1.807) is 24.3 Å². The minimum atomic E-state index is -3.15. The van der Waals surface area contributed by atoms with E-state index in [1.807, 2.05) is 0 Å². The average molecular weight is 338 g/mol. The molecule has 2 aliphatic rings. The highest BCUT2D eigenvalue weighted by Crippen LogP contribution is 2.35. The lowest BCUT2D eigenvalue weighted by atomic mass is 10.1. The van der Waals surface area contributed by atoms with Gasteiger partial charge in [-0.25, -0.2) is 8.42 Å². The van der Waals surface area contributed by atoms with Crippen molar-refractivity contribution in [1.82, 2.24) is 5.32 Å². The van der Waals surface area contributed by atoms with Crippen molar-refractivity contribution in [3.05, 3.63) is 24.3 Å². The van der Waals surface area contributed by atoms with Gasteiger partial charge in [-0.05, 0) is 18.6 Å². The number of para-hydroxylation sites is 2. The van der Waals surface area contributed by atoms with Crippen LogP contribution >= 0.6 is 0 Å². The predicted molar refractivity (Wildman–Crippen MR) is 84.0 cm³/mol. The number of ether oxygens (including phenoxy) is 1.